The minimum Gasteiger partial charge on any atom is -0.478 e. The summed E-state index contributed by atoms with van der Waals surface area (Å²) in [5, 5.41) is 0. The molecule has 0 radical (unpaired) electrons. The van der Waals surface area contributed by atoms with Gasteiger partial charge in [0.05, 0.1) is 6.61 Å². The molecule has 2 aliphatic rings. The fourth-order valence-electron chi connectivity index (χ4n) is 1.85. The first-order chi connectivity index (χ1) is 8.35. The van der Waals surface area contributed by atoms with Crippen LogP contribution in [0.5, 0.6) is 5.88 Å². The third-order valence-electron chi connectivity index (χ3n) is 3.28. The molecule has 1 aromatic rings. The molecule has 5 heteroatoms. The molecule has 2 saturated carbocycles. The zero-order valence-electron chi connectivity index (χ0n) is 9.85. The van der Waals surface area contributed by atoms with Crippen molar-refractivity contribution < 1.29 is 4.74 Å². The van der Waals surface area contributed by atoms with Gasteiger partial charge in [-0.05, 0) is 25.2 Å². The molecule has 0 aromatic carbocycles. The van der Waals surface area contributed by atoms with E-state index in [-0.39, 0.29) is 0 Å². The molecular weight excluding hydrogens is 216 g/mol. The number of anilines is 1. The van der Waals surface area contributed by atoms with Crippen LogP contribution in [0, 0.1) is 5.92 Å². The zero-order chi connectivity index (χ0) is 11.7. The van der Waals surface area contributed by atoms with Crippen LogP contribution in [0.4, 0.5) is 5.82 Å². The van der Waals surface area contributed by atoms with Crippen LogP contribution >= 0.6 is 0 Å². The summed E-state index contributed by atoms with van der Waals surface area (Å²) in [6, 6.07) is 1.76. The van der Waals surface area contributed by atoms with Gasteiger partial charge < -0.3 is 10.2 Å². The lowest BCUT2D eigenvalue weighted by molar-refractivity contribution is 0.290. The van der Waals surface area contributed by atoms with E-state index >= 15 is 0 Å². The summed E-state index contributed by atoms with van der Waals surface area (Å²) in [7, 11) is 0. The van der Waals surface area contributed by atoms with E-state index in [1.54, 1.807) is 6.07 Å². The molecule has 0 saturated heterocycles. The van der Waals surface area contributed by atoms with Crippen LogP contribution in [0.3, 0.4) is 0 Å². The fraction of sp³-hybridized carbons (Fsp3) is 0.667. The van der Waals surface area contributed by atoms with Gasteiger partial charge in [0, 0.05) is 12.0 Å². The number of ether oxygens (including phenoxy) is 1. The Bertz CT molecular complexity index is 401. The lowest BCUT2D eigenvalue weighted by Gasteiger charge is -2.08. The molecule has 3 N–H and O–H groups in total. The van der Waals surface area contributed by atoms with Gasteiger partial charge in [0.2, 0.25) is 5.88 Å². The number of nitrogens with two attached hydrogens (primary N) is 1. The Morgan fingerprint density at radius 1 is 1.29 bits per heavy atom. The molecule has 0 atom stereocenters. The first kappa shape index (κ1) is 10.8. The van der Waals surface area contributed by atoms with Crippen molar-refractivity contribution in [2.45, 2.75) is 38.0 Å². The van der Waals surface area contributed by atoms with E-state index in [1.165, 1.54) is 25.7 Å². The Labute approximate surface area is 101 Å². The van der Waals surface area contributed by atoms with Crippen molar-refractivity contribution >= 4 is 5.82 Å². The predicted molar refractivity (Wildman–Crippen MR) is 64.7 cm³/mol. The van der Waals surface area contributed by atoms with Crippen molar-refractivity contribution in [3.63, 3.8) is 0 Å². The summed E-state index contributed by atoms with van der Waals surface area (Å²) in [5.74, 6) is 8.94. The Balaban J connectivity index is 1.65. The summed E-state index contributed by atoms with van der Waals surface area (Å²) in [4.78, 5) is 8.77. The summed E-state index contributed by atoms with van der Waals surface area (Å²) < 4.78 is 5.67. The molecule has 2 fully saturated rings. The van der Waals surface area contributed by atoms with E-state index in [4.69, 9.17) is 10.6 Å². The summed E-state index contributed by atoms with van der Waals surface area (Å²) in [5.41, 5.74) is 2.57. The first-order valence-electron chi connectivity index (χ1n) is 6.33. The highest BCUT2D eigenvalue weighted by molar-refractivity contribution is 5.38. The average Bonchev–Trinajstić information content (AvgIpc) is 3.20. The van der Waals surface area contributed by atoms with Crippen molar-refractivity contribution in [1.82, 2.24) is 9.97 Å². The highest BCUT2D eigenvalue weighted by atomic mass is 16.5. The topological polar surface area (TPSA) is 73.1 Å². The van der Waals surface area contributed by atoms with E-state index in [0.717, 1.165) is 24.8 Å². The maximum absolute atomic E-state index is 5.67. The maximum atomic E-state index is 5.67. The molecule has 0 amide bonds. The number of aromatic nitrogens is 2. The number of nitrogens with one attached hydrogen (secondary N) is 1. The SMILES string of the molecule is NNc1cc(OCCC2CC2)nc(C2CC2)n1. The smallest absolute Gasteiger partial charge is 0.218 e. The van der Waals surface area contributed by atoms with Gasteiger partial charge in [-0.25, -0.2) is 10.8 Å². The van der Waals surface area contributed by atoms with Gasteiger partial charge in [0.1, 0.15) is 11.6 Å². The van der Waals surface area contributed by atoms with Crippen molar-refractivity contribution in [3.8, 4) is 5.88 Å². The van der Waals surface area contributed by atoms with Gasteiger partial charge in [-0.15, -0.1) is 0 Å². The standard InChI is InChI=1S/C12H18N4O/c13-16-10-7-11(17-6-5-8-1-2-8)15-12(14-10)9-3-4-9/h7-9H,1-6,13H2,(H,14,15,16). The summed E-state index contributed by atoms with van der Waals surface area (Å²) in [6.45, 7) is 0.746. The average molecular weight is 234 g/mol. The number of nitrogen functional groups attached to an aromatic ring is 1. The van der Waals surface area contributed by atoms with Crippen LogP contribution in [0.25, 0.3) is 0 Å². The van der Waals surface area contributed by atoms with Crippen molar-refractivity contribution in [2.24, 2.45) is 11.8 Å². The van der Waals surface area contributed by atoms with Crippen molar-refractivity contribution in [1.29, 1.82) is 0 Å². The number of hydrogen-bond acceptors (Lipinski definition) is 5. The fourth-order valence-corrected chi connectivity index (χ4v) is 1.85. The van der Waals surface area contributed by atoms with E-state index < -0.39 is 0 Å². The highest BCUT2D eigenvalue weighted by Crippen LogP contribution is 2.39. The maximum Gasteiger partial charge on any atom is 0.218 e. The molecule has 92 valence electrons. The number of hydrazine groups is 1. The van der Waals surface area contributed by atoms with E-state index in [1.807, 2.05) is 0 Å². The molecule has 0 unspecified atom stereocenters. The number of hydrogen-bond donors (Lipinski definition) is 2. The molecular formula is C12H18N4O. The Hall–Kier alpha value is -1.36. The minimum atomic E-state index is 0.508. The Kier molecular flexibility index (Phi) is 2.84. The van der Waals surface area contributed by atoms with Crippen LogP contribution in [0.1, 0.15) is 43.8 Å². The van der Waals surface area contributed by atoms with Crippen molar-refractivity contribution in [2.75, 3.05) is 12.0 Å². The zero-order valence-corrected chi connectivity index (χ0v) is 9.85. The first-order valence-corrected chi connectivity index (χ1v) is 6.33. The van der Waals surface area contributed by atoms with Crippen LogP contribution in [-0.2, 0) is 0 Å². The molecule has 1 aromatic heterocycles. The van der Waals surface area contributed by atoms with Crippen LogP contribution in [-0.4, -0.2) is 16.6 Å². The van der Waals surface area contributed by atoms with Gasteiger partial charge in [-0.3, -0.25) is 0 Å². The Morgan fingerprint density at radius 3 is 2.76 bits per heavy atom. The van der Waals surface area contributed by atoms with Gasteiger partial charge >= 0.3 is 0 Å². The minimum absolute atomic E-state index is 0.508. The van der Waals surface area contributed by atoms with E-state index in [2.05, 4.69) is 15.4 Å². The molecule has 1 heterocycles. The third-order valence-corrected chi connectivity index (χ3v) is 3.28. The molecule has 0 bridgehead atoms. The second-order valence-corrected chi connectivity index (χ2v) is 4.95. The molecule has 17 heavy (non-hydrogen) atoms. The summed E-state index contributed by atoms with van der Waals surface area (Å²) in [6.07, 6.45) is 6.20. The van der Waals surface area contributed by atoms with Crippen LogP contribution in [0.2, 0.25) is 0 Å². The van der Waals surface area contributed by atoms with E-state index in [0.29, 0.717) is 17.6 Å². The quantitative estimate of drug-likeness (QED) is 0.580. The van der Waals surface area contributed by atoms with Crippen LogP contribution < -0.4 is 16.0 Å². The molecule has 0 spiro atoms. The highest BCUT2D eigenvalue weighted by Gasteiger charge is 2.27. The van der Waals surface area contributed by atoms with Crippen LogP contribution in [0.15, 0.2) is 6.07 Å². The van der Waals surface area contributed by atoms with Gasteiger partial charge in [0.25, 0.3) is 0 Å². The lowest BCUT2D eigenvalue weighted by Crippen LogP contribution is -2.11. The Morgan fingerprint density at radius 2 is 2.12 bits per heavy atom. The molecule has 2 aliphatic carbocycles. The monoisotopic (exact) mass is 234 g/mol. The second kappa shape index (κ2) is 4.49. The van der Waals surface area contributed by atoms with Gasteiger partial charge in [-0.1, -0.05) is 12.8 Å². The molecule has 5 nitrogen and oxygen atoms in total. The molecule has 3 rings (SSSR count). The third kappa shape index (κ3) is 2.85. The molecule has 0 aliphatic heterocycles. The normalized spacial score (nSPS) is 19.1. The largest absolute Gasteiger partial charge is 0.478 e. The predicted octanol–water partition coefficient (Wildman–Crippen LogP) is 1.82. The lowest BCUT2D eigenvalue weighted by atomic mass is 10.3. The summed E-state index contributed by atoms with van der Waals surface area (Å²) >= 11 is 0. The van der Waals surface area contributed by atoms with Gasteiger partial charge in [-0.2, -0.15) is 4.98 Å². The van der Waals surface area contributed by atoms with Gasteiger partial charge in [0.15, 0.2) is 0 Å². The number of nitrogens with zero attached hydrogens (tertiary/aromatic N) is 2. The van der Waals surface area contributed by atoms with E-state index in [9.17, 15) is 0 Å². The number of rotatable bonds is 6. The second-order valence-electron chi connectivity index (χ2n) is 4.95. The van der Waals surface area contributed by atoms with Crippen molar-refractivity contribution in [3.05, 3.63) is 11.9 Å².